The van der Waals surface area contributed by atoms with E-state index in [1.165, 1.54) is 11.3 Å². The molecular formula is C30H34N2O5S. The molecule has 3 aromatic rings. The number of carbonyl (C=O) groups excluding carboxylic acids is 2. The molecule has 1 amide bonds. The average molecular weight is 535 g/mol. The van der Waals surface area contributed by atoms with Gasteiger partial charge < -0.3 is 19.1 Å². The van der Waals surface area contributed by atoms with Gasteiger partial charge in [-0.15, -0.1) is 11.3 Å². The van der Waals surface area contributed by atoms with Crippen LogP contribution in [0.1, 0.15) is 67.6 Å². The molecule has 1 aliphatic carbocycles. The quantitative estimate of drug-likeness (QED) is 0.309. The number of rotatable bonds is 6. The van der Waals surface area contributed by atoms with Crippen molar-refractivity contribution in [1.29, 1.82) is 0 Å². The summed E-state index contributed by atoms with van der Waals surface area (Å²) in [5, 5.41) is 0.953. The van der Waals surface area contributed by atoms with E-state index in [9.17, 15) is 9.59 Å². The van der Waals surface area contributed by atoms with Crippen LogP contribution in [0, 0.1) is 5.41 Å². The summed E-state index contributed by atoms with van der Waals surface area (Å²) in [6, 6.07) is 17.2. The zero-order valence-corrected chi connectivity index (χ0v) is 23.2. The number of hydrogen-bond donors (Lipinski definition) is 0. The first-order chi connectivity index (χ1) is 18.1. The normalized spacial score (nSPS) is 20.7. The number of ether oxygens (including phenoxy) is 3. The van der Waals surface area contributed by atoms with E-state index in [0.717, 1.165) is 42.1 Å². The molecule has 0 radical (unpaired) electrons. The fraction of sp³-hybridized carbons (Fsp3) is 0.433. The Hall–Kier alpha value is -3.39. The number of benzene rings is 2. The number of aromatic nitrogens is 1. The Balaban J connectivity index is 1.30. The van der Waals surface area contributed by atoms with Crippen molar-refractivity contribution in [3.05, 3.63) is 64.5 Å². The van der Waals surface area contributed by atoms with E-state index in [-0.39, 0.29) is 23.4 Å². The van der Waals surface area contributed by atoms with Gasteiger partial charge in [-0.2, -0.15) is 0 Å². The zero-order valence-electron chi connectivity index (χ0n) is 22.4. The second-order valence-electron chi connectivity index (χ2n) is 11.1. The van der Waals surface area contributed by atoms with Crippen LogP contribution < -0.4 is 4.74 Å². The van der Waals surface area contributed by atoms with Crippen LogP contribution >= 0.6 is 11.3 Å². The lowest BCUT2D eigenvalue weighted by atomic mass is 9.61. The van der Waals surface area contributed by atoms with Gasteiger partial charge in [0.25, 0.3) is 0 Å². The predicted octanol–water partition coefficient (Wildman–Crippen LogP) is 7.28. The van der Waals surface area contributed by atoms with E-state index in [2.05, 4.69) is 0 Å². The highest BCUT2D eigenvalue weighted by Crippen LogP contribution is 2.57. The van der Waals surface area contributed by atoms with Gasteiger partial charge in [-0.05, 0) is 88.8 Å². The molecule has 0 bridgehead atoms. The molecule has 2 heterocycles. The SMILES string of the molecule is CCOC(=O)c1sc([C@H]2C[C@]3(CCN(C(=O)OC(C)(C)C)C3)C2)nc1-c1ccc(Oc2ccccc2)cc1. The Kier molecular flexibility index (Phi) is 7.18. The van der Waals surface area contributed by atoms with Crippen molar-refractivity contribution in [2.75, 3.05) is 19.7 Å². The lowest BCUT2D eigenvalue weighted by molar-refractivity contribution is 0.0230. The van der Waals surface area contributed by atoms with Crippen molar-refractivity contribution in [3.63, 3.8) is 0 Å². The smallest absolute Gasteiger partial charge is 0.410 e. The summed E-state index contributed by atoms with van der Waals surface area (Å²) in [5.41, 5.74) is 1.11. The summed E-state index contributed by atoms with van der Waals surface area (Å²) < 4.78 is 16.8. The number of para-hydroxylation sites is 1. The molecule has 2 fully saturated rings. The largest absolute Gasteiger partial charge is 0.462 e. The van der Waals surface area contributed by atoms with E-state index in [4.69, 9.17) is 19.2 Å². The second kappa shape index (κ2) is 10.4. The van der Waals surface area contributed by atoms with Crippen molar-refractivity contribution in [2.24, 2.45) is 5.41 Å². The number of amides is 1. The van der Waals surface area contributed by atoms with Gasteiger partial charge in [-0.25, -0.2) is 14.6 Å². The van der Waals surface area contributed by atoms with Gasteiger partial charge in [0, 0.05) is 24.6 Å². The Morgan fingerprint density at radius 2 is 1.74 bits per heavy atom. The summed E-state index contributed by atoms with van der Waals surface area (Å²) in [5.74, 6) is 1.40. The van der Waals surface area contributed by atoms with Crippen LogP contribution in [-0.4, -0.2) is 47.2 Å². The summed E-state index contributed by atoms with van der Waals surface area (Å²) in [4.78, 5) is 32.7. The minimum Gasteiger partial charge on any atom is -0.462 e. The standard InChI is InChI=1S/C30H34N2O5S/c1-5-35-27(33)25-24(20-11-13-23(14-12-20)36-22-9-7-6-8-10-22)31-26(38-25)21-17-30(18-21)15-16-32(19-30)28(34)37-29(2,3)4/h6-14,21H,5,15-19H2,1-4H3/t21-,30+. The van der Waals surface area contributed by atoms with Crippen LogP contribution in [-0.2, 0) is 9.47 Å². The Labute approximate surface area is 227 Å². The number of carbonyl (C=O) groups is 2. The molecule has 0 atom stereocenters. The molecule has 0 unspecified atom stereocenters. The van der Waals surface area contributed by atoms with Gasteiger partial charge in [0.05, 0.1) is 17.3 Å². The third kappa shape index (κ3) is 5.70. The van der Waals surface area contributed by atoms with Crippen LogP contribution in [0.3, 0.4) is 0 Å². The number of nitrogens with zero attached hydrogens (tertiary/aromatic N) is 2. The molecule has 2 aromatic carbocycles. The topological polar surface area (TPSA) is 78.0 Å². The minimum absolute atomic E-state index is 0.105. The molecule has 2 aliphatic rings. The minimum atomic E-state index is -0.498. The maximum absolute atomic E-state index is 12.8. The summed E-state index contributed by atoms with van der Waals surface area (Å²) in [7, 11) is 0. The number of esters is 1. The van der Waals surface area contributed by atoms with Crippen LogP contribution in [0.5, 0.6) is 11.5 Å². The average Bonchev–Trinajstić information content (AvgIpc) is 3.49. The molecule has 5 rings (SSSR count). The molecule has 1 saturated carbocycles. The lowest BCUT2D eigenvalue weighted by Gasteiger charge is -2.44. The molecule has 200 valence electrons. The molecule has 38 heavy (non-hydrogen) atoms. The molecule has 8 heteroatoms. The fourth-order valence-corrected chi connectivity index (χ4v) is 6.34. The summed E-state index contributed by atoms with van der Waals surface area (Å²) >= 11 is 1.43. The second-order valence-corrected chi connectivity index (χ2v) is 12.2. The maximum atomic E-state index is 12.8. The first-order valence-electron chi connectivity index (χ1n) is 13.1. The Bertz CT molecular complexity index is 1290. The Morgan fingerprint density at radius 1 is 1.05 bits per heavy atom. The molecule has 1 spiro atoms. The first-order valence-corrected chi connectivity index (χ1v) is 14.0. The van der Waals surface area contributed by atoms with Gasteiger partial charge in [0.1, 0.15) is 22.0 Å². The molecule has 1 aliphatic heterocycles. The number of hydrogen-bond acceptors (Lipinski definition) is 7. The van der Waals surface area contributed by atoms with Crippen LogP contribution in [0.2, 0.25) is 0 Å². The van der Waals surface area contributed by atoms with E-state index in [0.29, 0.717) is 29.5 Å². The highest BCUT2D eigenvalue weighted by molar-refractivity contribution is 7.14. The van der Waals surface area contributed by atoms with Crippen molar-refractivity contribution >= 4 is 23.4 Å². The van der Waals surface area contributed by atoms with E-state index in [1.807, 2.05) is 80.3 Å². The van der Waals surface area contributed by atoms with Crippen molar-refractivity contribution < 1.29 is 23.8 Å². The van der Waals surface area contributed by atoms with Crippen LogP contribution in [0.4, 0.5) is 4.79 Å². The van der Waals surface area contributed by atoms with Crippen LogP contribution in [0.25, 0.3) is 11.3 Å². The third-order valence-electron chi connectivity index (χ3n) is 7.01. The maximum Gasteiger partial charge on any atom is 0.410 e. The highest BCUT2D eigenvalue weighted by Gasteiger charge is 2.51. The highest BCUT2D eigenvalue weighted by atomic mass is 32.1. The van der Waals surface area contributed by atoms with Gasteiger partial charge in [-0.3, -0.25) is 0 Å². The lowest BCUT2D eigenvalue weighted by Crippen LogP contribution is -2.41. The fourth-order valence-electron chi connectivity index (χ4n) is 5.26. The first kappa shape index (κ1) is 26.2. The van der Waals surface area contributed by atoms with Gasteiger partial charge >= 0.3 is 12.1 Å². The van der Waals surface area contributed by atoms with Crippen molar-refractivity contribution in [3.8, 4) is 22.8 Å². The Morgan fingerprint density at radius 3 is 2.39 bits per heavy atom. The molecule has 1 saturated heterocycles. The molecule has 0 N–H and O–H groups in total. The number of thiazole rings is 1. The van der Waals surface area contributed by atoms with Gasteiger partial charge in [-0.1, -0.05) is 18.2 Å². The van der Waals surface area contributed by atoms with Crippen molar-refractivity contribution in [2.45, 2.75) is 58.5 Å². The summed E-state index contributed by atoms with van der Waals surface area (Å²) in [6.07, 6.45) is 2.63. The van der Waals surface area contributed by atoms with E-state index in [1.54, 1.807) is 6.92 Å². The van der Waals surface area contributed by atoms with Crippen molar-refractivity contribution in [1.82, 2.24) is 9.88 Å². The molecule has 1 aromatic heterocycles. The number of likely N-dealkylation sites (tertiary alicyclic amines) is 1. The van der Waals surface area contributed by atoms with E-state index < -0.39 is 5.60 Å². The third-order valence-corrected chi connectivity index (χ3v) is 8.21. The van der Waals surface area contributed by atoms with Crippen LogP contribution in [0.15, 0.2) is 54.6 Å². The monoisotopic (exact) mass is 534 g/mol. The van der Waals surface area contributed by atoms with Gasteiger partial charge in [0.2, 0.25) is 0 Å². The summed E-state index contributed by atoms with van der Waals surface area (Å²) in [6.45, 7) is 9.22. The zero-order chi connectivity index (χ0) is 26.9. The predicted molar refractivity (Wildman–Crippen MR) is 147 cm³/mol. The van der Waals surface area contributed by atoms with E-state index >= 15 is 0 Å². The molecule has 7 nitrogen and oxygen atoms in total. The molecular weight excluding hydrogens is 500 g/mol. The van der Waals surface area contributed by atoms with Gasteiger partial charge in [0.15, 0.2) is 0 Å².